The number of hydrogen-bond donors (Lipinski definition) is 1. The maximum atomic E-state index is 15.0. The largest absolute Gasteiger partial charge is 0.507 e. The van der Waals surface area contributed by atoms with Crippen molar-refractivity contribution in [2.24, 2.45) is 0 Å². The van der Waals surface area contributed by atoms with Crippen LogP contribution in [0.4, 0.5) is 14.5 Å². The van der Waals surface area contributed by atoms with Crippen molar-refractivity contribution >= 4 is 23.1 Å². The van der Waals surface area contributed by atoms with Gasteiger partial charge in [0.05, 0.1) is 37.6 Å². The molecule has 1 N–H and O–H groups in total. The fourth-order valence-electron chi connectivity index (χ4n) is 4.61. The van der Waals surface area contributed by atoms with Crippen molar-refractivity contribution in [1.29, 1.82) is 0 Å². The number of aliphatic hydroxyl groups excluding tert-OH is 1. The summed E-state index contributed by atoms with van der Waals surface area (Å²) in [6.45, 7) is 4.73. The monoisotopic (exact) mass is 551 g/mol. The molecule has 0 aliphatic carbocycles. The van der Waals surface area contributed by atoms with Crippen molar-refractivity contribution in [3.05, 3.63) is 89.0 Å². The number of carbonyl (C=O) groups is 2. The average Bonchev–Trinajstić information content (AvgIpc) is 3.21. The Kier molecular flexibility index (Phi) is 9.04. The van der Waals surface area contributed by atoms with Crippen LogP contribution in [-0.4, -0.2) is 37.1 Å². The molecular weight excluding hydrogens is 520 g/mol. The Morgan fingerprint density at radius 2 is 1.68 bits per heavy atom. The van der Waals surface area contributed by atoms with E-state index in [0.717, 1.165) is 36.3 Å². The summed E-state index contributed by atoms with van der Waals surface area (Å²) in [6, 6.07) is 12.7. The third-order valence-electron chi connectivity index (χ3n) is 6.56. The van der Waals surface area contributed by atoms with Gasteiger partial charge >= 0.3 is 0 Å². The molecule has 0 aromatic heterocycles. The van der Waals surface area contributed by atoms with E-state index in [1.165, 1.54) is 7.11 Å². The minimum absolute atomic E-state index is 0.252. The van der Waals surface area contributed by atoms with Gasteiger partial charge in [-0.1, -0.05) is 25.8 Å². The lowest BCUT2D eigenvalue weighted by Gasteiger charge is -2.26. The van der Waals surface area contributed by atoms with E-state index < -0.39 is 35.1 Å². The first-order chi connectivity index (χ1) is 19.3. The first-order valence-electron chi connectivity index (χ1n) is 13.1. The maximum Gasteiger partial charge on any atom is 0.300 e. The molecular formula is C31H31F2NO6. The number of hydrogen-bond acceptors (Lipinski definition) is 6. The summed E-state index contributed by atoms with van der Waals surface area (Å²) >= 11 is 0. The molecule has 1 atom stereocenters. The molecule has 1 aliphatic rings. The molecule has 1 saturated heterocycles. The quantitative estimate of drug-likeness (QED) is 0.126. The second-order valence-corrected chi connectivity index (χ2v) is 9.19. The van der Waals surface area contributed by atoms with Crippen molar-refractivity contribution in [2.75, 3.05) is 25.2 Å². The summed E-state index contributed by atoms with van der Waals surface area (Å²) in [5, 5.41) is 11.4. The summed E-state index contributed by atoms with van der Waals surface area (Å²) in [7, 11) is 1.47. The zero-order valence-electron chi connectivity index (χ0n) is 22.6. The summed E-state index contributed by atoms with van der Waals surface area (Å²) in [6.07, 6.45) is 3.02. The summed E-state index contributed by atoms with van der Waals surface area (Å²) in [5.74, 6) is -3.07. The number of methoxy groups -OCH3 is 1. The third kappa shape index (κ3) is 5.78. The highest BCUT2D eigenvalue weighted by Crippen LogP contribution is 2.45. The number of halogens is 2. The highest BCUT2D eigenvalue weighted by molar-refractivity contribution is 6.51. The van der Waals surface area contributed by atoms with Gasteiger partial charge < -0.3 is 19.3 Å². The van der Waals surface area contributed by atoms with E-state index in [0.29, 0.717) is 42.1 Å². The Labute approximate surface area is 231 Å². The molecule has 40 heavy (non-hydrogen) atoms. The van der Waals surface area contributed by atoms with E-state index >= 15 is 0 Å². The van der Waals surface area contributed by atoms with E-state index in [-0.39, 0.29) is 16.8 Å². The fraction of sp³-hybridized carbons (Fsp3) is 0.290. The van der Waals surface area contributed by atoms with Crippen molar-refractivity contribution in [1.82, 2.24) is 0 Å². The highest BCUT2D eigenvalue weighted by atomic mass is 19.1. The Balaban J connectivity index is 1.83. The SMILES string of the molecule is CCCCCOc1ccc(/C(O)=C2\C(=O)C(=O)N(c3ccc(F)cc3F)C2c2ccc(OC)c(OCC)c2)cc1. The number of Topliss-reactive ketones (excluding diaryl/α,β-unsaturated/α-hetero) is 1. The molecule has 4 rings (SSSR count). The summed E-state index contributed by atoms with van der Waals surface area (Å²) in [4.78, 5) is 27.6. The topological polar surface area (TPSA) is 85.3 Å². The van der Waals surface area contributed by atoms with Gasteiger partial charge in [0.2, 0.25) is 0 Å². The highest BCUT2D eigenvalue weighted by Gasteiger charge is 2.48. The number of ether oxygens (including phenoxy) is 3. The second-order valence-electron chi connectivity index (χ2n) is 9.19. The summed E-state index contributed by atoms with van der Waals surface area (Å²) in [5.41, 5.74) is 0.0572. The third-order valence-corrected chi connectivity index (χ3v) is 6.56. The van der Waals surface area contributed by atoms with Crippen molar-refractivity contribution < 1.29 is 37.7 Å². The molecule has 0 radical (unpaired) electrons. The molecule has 3 aromatic carbocycles. The molecule has 7 nitrogen and oxygen atoms in total. The number of nitrogens with zero attached hydrogens (tertiary/aromatic N) is 1. The number of ketones is 1. The van der Waals surface area contributed by atoms with Crippen LogP contribution in [0.15, 0.2) is 66.2 Å². The van der Waals surface area contributed by atoms with Crippen LogP contribution in [0, 0.1) is 11.6 Å². The first-order valence-corrected chi connectivity index (χ1v) is 13.1. The minimum Gasteiger partial charge on any atom is -0.507 e. The predicted molar refractivity (Wildman–Crippen MR) is 147 cm³/mol. The molecule has 0 spiro atoms. The van der Waals surface area contributed by atoms with Crippen molar-refractivity contribution in [2.45, 2.75) is 39.2 Å². The number of unbranched alkanes of at least 4 members (excludes halogenated alkanes) is 2. The Morgan fingerprint density at radius 1 is 0.925 bits per heavy atom. The molecule has 9 heteroatoms. The number of amides is 1. The van der Waals surface area contributed by atoms with Crippen molar-refractivity contribution in [3.63, 3.8) is 0 Å². The van der Waals surface area contributed by atoms with E-state index in [2.05, 4.69) is 6.92 Å². The Morgan fingerprint density at radius 3 is 2.33 bits per heavy atom. The van der Waals surface area contributed by atoms with E-state index in [4.69, 9.17) is 14.2 Å². The zero-order valence-corrected chi connectivity index (χ0v) is 22.6. The molecule has 0 bridgehead atoms. The van der Waals surface area contributed by atoms with E-state index in [9.17, 15) is 23.5 Å². The normalized spacial score (nSPS) is 16.3. The second kappa shape index (κ2) is 12.6. The molecule has 1 fully saturated rings. The number of rotatable bonds is 11. The lowest BCUT2D eigenvalue weighted by atomic mass is 9.94. The standard InChI is InChI=1S/C31H31F2NO6/c1-4-6-7-16-40-22-12-8-19(9-13-22)29(35)27-28(20-10-15-25(38-3)26(17-20)39-5-2)34(31(37)30(27)36)24-14-11-21(32)18-23(24)33/h8-15,17-18,28,35H,4-7,16H2,1-3H3/b29-27+. The van der Waals surface area contributed by atoms with Crippen LogP contribution in [-0.2, 0) is 9.59 Å². The average molecular weight is 552 g/mol. The van der Waals surface area contributed by atoms with Gasteiger partial charge in [0, 0.05) is 11.6 Å². The first kappa shape index (κ1) is 28.6. The van der Waals surface area contributed by atoms with Gasteiger partial charge in [-0.05, 0) is 67.4 Å². The van der Waals surface area contributed by atoms with Crippen LogP contribution in [0.2, 0.25) is 0 Å². The number of benzene rings is 3. The van der Waals surface area contributed by atoms with Gasteiger partial charge in [0.1, 0.15) is 23.1 Å². The molecule has 1 unspecified atom stereocenters. The summed E-state index contributed by atoms with van der Waals surface area (Å²) < 4.78 is 45.4. The van der Waals surface area contributed by atoms with Gasteiger partial charge in [-0.25, -0.2) is 8.78 Å². The van der Waals surface area contributed by atoms with E-state index in [1.807, 2.05) is 0 Å². The molecule has 3 aromatic rings. The smallest absolute Gasteiger partial charge is 0.300 e. The fourth-order valence-corrected chi connectivity index (χ4v) is 4.61. The minimum atomic E-state index is -1.24. The zero-order chi connectivity index (χ0) is 28.8. The Bertz CT molecular complexity index is 1420. The van der Waals surface area contributed by atoms with Gasteiger partial charge in [-0.2, -0.15) is 0 Å². The van der Waals surface area contributed by atoms with Crippen LogP contribution < -0.4 is 19.1 Å². The van der Waals surface area contributed by atoms with Crippen LogP contribution in [0.5, 0.6) is 17.2 Å². The molecule has 1 amide bonds. The lowest BCUT2D eigenvalue weighted by Crippen LogP contribution is -2.30. The maximum absolute atomic E-state index is 15.0. The number of anilines is 1. The van der Waals surface area contributed by atoms with E-state index in [1.54, 1.807) is 49.4 Å². The molecule has 1 heterocycles. The van der Waals surface area contributed by atoms with Crippen molar-refractivity contribution in [3.8, 4) is 17.2 Å². The van der Waals surface area contributed by atoms with Gasteiger partial charge in [-0.15, -0.1) is 0 Å². The number of aliphatic hydroxyl groups is 1. The lowest BCUT2D eigenvalue weighted by molar-refractivity contribution is -0.132. The van der Waals surface area contributed by atoms with Gasteiger partial charge in [-0.3, -0.25) is 14.5 Å². The molecule has 210 valence electrons. The van der Waals surface area contributed by atoms with Gasteiger partial charge in [0.25, 0.3) is 11.7 Å². The molecule has 0 saturated carbocycles. The van der Waals surface area contributed by atoms with Gasteiger partial charge in [0.15, 0.2) is 11.5 Å². The Hall–Kier alpha value is -4.40. The molecule has 1 aliphatic heterocycles. The van der Waals surface area contributed by atoms with Crippen LogP contribution >= 0.6 is 0 Å². The van der Waals surface area contributed by atoms with Crippen LogP contribution in [0.1, 0.15) is 50.3 Å². The number of carbonyl (C=O) groups excluding carboxylic acids is 2. The van der Waals surface area contributed by atoms with Crippen LogP contribution in [0.3, 0.4) is 0 Å². The predicted octanol–water partition coefficient (Wildman–Crippen LogP) is 6.57. The van der Waals surface area contributed by atoms with Crippen LogP contribution in [0.25, 0.3) is 5.76 Å².